The lowest BCUT2D eigenvalue weighted by molar-refractivity contribution is -0.115. The molecule has 4 N–H and O–H groups in total. The molecule has 0 aliphatic carbocycles. The smallest absolute Gasteiger partial charge is 0.411 e. The predicted octanol–water partition coefficient (Wildman–Crippen LogP) is 5.26. The number of hydrogen-bond acceptors (Lipinski definition) is 6. The van der Waals surface area contributed by atoms with Gasteiger partial charge in [0.05, 0.1) is 54.1 Å². The molecule has 0 fully saturated rings. The van der Waals surface area contributed by atoms with Crippen molar-refractivity contribution in [3.05, 3.63) is 70.5 Å². The molecule has 0 atom stereocenters. The normalized spacial score (nSPS) is 10.7. The van der Waals surface area contributed by atoms with Crippen LogP contribution in [0.25, 0.3) is 16.9 Å². The van der Waals surface area contributed by atoms with Crippen molar-refractivity contribution in [1.82, 2.24) is 9.38 Å². The van der Waals surface area contributed by atoms with Gasteiger partial charge in [-0.2, -0.15) is 0 Å². The second-order valence-electron chi connectivity index (χ2n) is 7.48. The fraction of sp³-hybridized carbons (Fsp3) is 0.125. The average molecular weight is 514 g/mol. The fourth-order valence-electron chi connectivity index (χ4n) is 3.52. The number of carbonyl (C=O) groups excluding carboxylic acids is 2. The quantitative estimate of drug-likeness (QED) is 0.302. The Morgan fingerprint density at radius 2 is 1.80 bits per heavy atom. The van der Waals surface area contributed by atoms with Crippen LogP contribution in [0.2, 0.25) is 10.0 Å². The second kappa shape index (κ2) is 10.1. The lowest BCUT2D eigenvalue weighted by atomic mass is 10.1. The van der Waals surface area contributed by atoms with Gasteiger partial charge in [-0.3, -0.25) is 14.5 Å². The number of nitrogens with two attached hydrogens (primary N) is 1. The van der Waals surface area contributed by atoms with Gasteiger partial charge in [0.2, 0.25) is 5.91 Å². The van der Waals surface area contributed by atoms with E-state index in [1.165, 1.54) is 7.11 Å². The first kappa shape index (κ1) is 24.2. The van der Waals surface area contributed by atoms with E-state index in [0.717, 1.165) is 0 Å². The fourth-order valence-corrected chi connectivity index (χ4v) is 3.97. The molecule has 11 heteroatoms. The molecule has 0 unspecified atom stereocenters. The molecule has 35 heavy (non-hydrogen) atoms. The van der Waals surface area contributed by atoms with Crippen LogP contribution in [0, 0.1) is 0 Å². The van der Waals surface area contributed by atoms with E-state index >= 15 is 0 Å². The summed E-state index contributed by atoms with van der Waals surface area (Å²) in [6, 6.07) is 13.6. The second-order valence-corrected chi connectivity index (χ2v) is 8.32. The first-order chi connectivity index (χ1) is 16.8. The zero-order valence-corrected chi connectivity index (χ0v) is 20.3. The van der Waals surface area contributed by atoms with Gasteiger partial charge in [-0.25, -0.2) is 9.78 Å². The minimum absolute atomic E-state index is 0.0444. The molecule has 0 saturated heterocycles. The summed E-state index contributed by atoms with van der Waals surface area (Å²) in [6.45, 7) is 0. The molecular weight excluding hydrogens is 493 g/mol. The maximum absolute atomic E-state index is 12.7. The van der Waals surface area contributed by atoms with Crippen molar-refractivity contribution >= 4 is 57.9 Å². The van der Waals surface area contributed by atoms with Crippen LogP contribution in [0.5, 0.6) is 5.75 Å². The van der Waals surface area contributed by atoms with Crippen molar-refractivity contribution < 1.29 is 19.1 Å². The van der Waals surface area contributed by atoms with Crippen LogP contribution in [0.4, 0.5) is 21.9 Å². The Morgan fingerprint density at radius 1 is 1.03 bits per heavy atom. The van der Waals surface area contributed by atoms with Crippen LogP contribution in [0.3, 0.4) is 0 Å². The number of hydrogen-bond donors (Lipinski definition) is 3. The lowest BCUT2D eigenvalue weighted by Crippen LogP contribution is -2.15. The van der Waals surface area contributed by atoms with Gasteiger partial charge in [-0.05, 0) is 48.5 Å². The Balaban J connectivity index is 1.72. The third-order valence-corrected chi connectivity index (χ3v) is 5.72. The molecule has 0 aliphatic heterocycles. The number of nitrogens with zero attached hydrogens (tertiary/aromatic N) is 2. The van der Waals surface area contributed by atoms with E-state index in [1.54, 1.807) is 60.2 Å². The molecule has 9 nitrogen and oxygen atoms in total. The number of rotatable bonds is 6. The van der Waals surface area contributed by atoms with Gasteiger partial charge in [0.25, 0.3) is 0 Å². The number of ether oxygens (including phenoxy) is 2. The molecule has 2 aromatic heterocycles. The minimum atomic E-state index is -0.650. The lowest BCUT2D eigenvalue weighted by Gasteiger charge is -2.12. The molecule has 2 amide bonds. The van der Waals surface area contributed by atoms with E-state index in [2.05, 4.69) is 15.6 Å². The number of nitrogen functional groups attached to an aromatic ring is 1. The number of pyridine rings is 1. The van der Waals surface area contributed by atoms with Gasteiger partial charge in [0.15, 0.2) is 5.65 Å². The Kier molecular flexibility index (Phi) is 6.99. The standard InChI is InChI=1S/C24H21Cl2N5O4/c1-34-15-4-5-16(17(26)11-15)21-8-7-20(30-24(33)35-2)23-28-14(12-31(21)23)10-22(32)29-19-6-3-13(25)9-18(19)27/h3-9,11-12H,10,27H2,1-2H3,(H,29,32)(H,30,33). The molecule has 0 saturated carbocycles. The highest BCUT2D eigenvalue weighted by atomic mass is 35.5. The molecule has 0 spiro atoms. The van der Waals surface area contributed by atoms with Gasteiger partial charge in [0.1, 0.15) is 5.75 Å². The van der Waals surface area contributed by atoms with Gasteiger partial charge in [-0.15, -0.1) is 0 Å². The van der Waals surface area contributed by atoms with Crippen LogP contribution in [0.15, 0.2) is 54.7 Å². The predicted molar refractivity (Wildman–Crippen MR) is 136 cm³/mol. The molecule has 2 heterocycles. The summed E-state index contributed by atoms with van der Waals surface area (Å²) in [5, 5.41) is 6.33. The summed E-state index contributed by atoms with van der Waals surface area (Å²) < 4.78 is 11.7. The van der Waals surface area contributed by atoms with Crippen LogP contribution >= 0.6 is 23.2 Å². The van der Waals surface area contributed by atoms with E-state index in [-0.39, 0.29) is 12.3 Å². The third kappa shape index (κ3) is 5.26. The van der Waals surface area contributed by atoms with Crippen LogP contribution in [-0.2, 0) is 16.0 Å². The highest BCUT2D eigenvalue weighted by Crippen LogP contribution is 2.33. The Labute approximate surface area is 210 Å². The molecule has 0 radical (unpaired) electrons. The highest BCUT2D eigenvalue weighted by molar-refractivity contribution is 6.33. The first-order valence-corrected chi connectivity index (χ1v) is 11.1. The maximum Gasteiger partial charge on any atom is 0.411 e. The summed E-state index contributed by atoms with van der Waals surface area (Å²) in [6.07, 6.45) is 1.01. The highest BCUT2D eigenvalue weighted by Gasteiger charge is 2.17. The van der Waals surface area contributed by atoms with Crippen LogP contribution in [0.1, 0.15) is 5.69 Å². The van der Waals surface area contributed by atoms with Crippen molar-refractivity contribution in [3.8, 4) is 17.0 Å². The number of benzene rings is 2. The van der Waals surface area contributed by atoms with Gasteiger partial charge < -0.3 is 20.5 Å². The van der Waals surface area contributed by atoms with Crippen molar-refractivity contribution in [2.75, 3.05) is 30.6 Å². The van der Waals surface area contributed by atoms with Crippen molar-refractivity contribution in [3.63, 3.8) is 0 Å². The summed E-state index contributed by atoms with van der Waals surface area (Å²) in [4.78, 5) is 29.1. The number of nitrogens with one attached hydrogen (secondary N) is 2. The number of fused-ring (bicyclic) bond motifs is 1. The summed E-state index contributed by atoms with van der Waals surface area (Å²) in [7, 11) is 2.82. The topological polar surface area (TPSA) is 120 Å². The molecule has 2 aromatic carbocycles. The number of imidazole rings is 1. The minimum Gasteiger partial charge on any atom is -0.497 e. The summed E-state index contributed by atoms with van der Waals surface area (Å²) in [5.41, 5.74) is 9.41. The van der Waals surface area contributed by atoms with E-state index in [0.29, 0.717) is 55.5 Å². The van der Waals surface area contributed by atoms with Crippen LogP contribution in [-0.4, -0.2) is 35.6 Å². The number of methoxy groups -OCH3 is 2. The number of anilines is 3. The van der Waals surface area contributed by atoms with Gasteiger partial charge in [-0.1, -0.05) is 23.2 Å². The largest absolute Gasteiger partial charge is 0.497 e. The van der Waals surface area contributed by atoms with Gasteiger partial charge >= 0.3 is 6.09 Å². The Bertz CT molecular complexity index is 1440. The van der Waals surface area contributed by atoms with Crippen molar-refractivity contribution in [2.24, 2.45) is 0 Å². The van der Waals surface area contributed by atoms with Crippen LogP contribution < -0.4 is 21.1 Å². The van der Waals surface area contributed by atoms with Crippen molar-refractivity contribution in [1.29, 1.82) is 0 Å². The monoisotopic (exact) mass is 513 g/mol. The zero-order chi connectivity index (χ0) is 25.1. The SMILES string of the molecule is COC(=O)Nc1ccc(-c2ccc(OC)cc2Cl)n2cc(CC(=O)Nc3ccc(Cl)cc3N)nc12. The van der Waals surface area contributed by atoms with Crippen molar-refractivity contribution in [2.45, 2.75) is 6.42 Å². The zero-order valence-electron chi connectivity index (χ0n) is 18.8. The number of halogens is 2. The summed E-state index contributed by atoms with van der Waals surface area (Å²) in [5.74, 6) is 0.289. The first-order valence-electron chi connectivity index (χ1n) is 10.3. The molecule has 0 bridgehead atoms. The molecular formula is C24H21Cl2N5O4. The molecule has 4 rings (SSSR count). The summed E-state index contributed by atoms with van der Waals surface area (Å²) >= 11 is 12.4. The molecule has 0 aliphatic rings. The van der Waals surface area contributed by atoms with E-state index in [4.69, 9.17) is 38.4 Å². The van der Waals surface area contributed by atoms with E-state index < -0.39 is 6.09 Å². The number of carbonyl (C=O) groups is 2. The number of aromatic nitrogens is 2. The van der Waals surface area contributed by atoms with E-state index in [1.807, 2.05) is 6.07 Å². The molecule has 4 aromatic rings. The Morgan fingerprint density at radius 3 is 2.49 bits per heavy atom. The van der Waals surface area contributed by atoms with Gasteiger partial charge in [0, 0.05) is 16.8 Å². The maximum atomic E-state index is 12.7. The average Bonchev–Trinajstić information content (AvgIpc) is 3.25. The molecule has 180 valence electrons. The number of amides is 2. The van der Waals surface area contributed by atoms with E-state index in [9.17, 15) is 9.59 Å². The third-order valence-electron chi connectivity index (χ3n) is 5.17. The Hall–Kier alpha value is -3.95.